The molecule has 4 nitrogen and oxygen atoms in total. The Kier molecular flexibility index (Phi) is 4.82. The molecule has 2 aromatic rings. The summed E-state index contributed by atoms with van der Waals surface area (Å²) in [7, 11) is 1.87. The molecule has 19 heavy (non-hydrogen) atoms. The Bertz CT molecular complexity index is 522. The Morgan fingerprint density at radius 3 is 2.63 bits per heavy atom. The molecule has 0 radical (unpaired) electrons. The molecule has 0 atom stereocenters. The van der Waals surface area contributed by atoms with E-state index in [-0.39, 0.29) is 0 Å². The Labute approximate surface area is 118 Å². The van der Waals surface area contributed by atoms with Crippen LogP contribution in [-0.4, -0.2) is 16.1 Å². The summed E-state index contributed by atoms with van der Waals surface area (Å²) in [5, 5.41) is 3.89. The number of nitrogens with zero attached hydrogens (tertiary/aromatic N) is 2. The van der Waals surface area contributed by atoms with Gasteiger partial charge in [0.1, 0.15) is 23.3 Å². The molecule has 1 aromatic carbocycles. The number of rotatable bonds is 6. The quantitative estimate of drug-likeness (QED) is 0.884. The molecule has 0 saturated heterocycles. The van der Waals surface area contributed by atoms with E-state index >= 15 is 0 Å². The average molecular weight is 280 g/mol. The van der Waals surface area contributed by atoms with Crippen molar-refractivity contribution in [1.29, 1.82) is 0 Å². The molecule has 1 N–H and O–H groups in total. The second-order valence-corrected chi connectivity index (χ2v) is 4.66. The zero-order chi connectivity index (χ0) is 13.7. The van der Waals surface area contributed by atoms with Crippen LogP contribution in [0.4, 0.5) is 0 Å². The zero-order valence-electron chi connectivity index (χ0n) is 11.2. The summed E-state index contributed by atoms with van der Waals surface area (Å²) in [4.78, 5) is 4.18. The third-order valence-electron chi connectivity index (χ3n) is 2.90. The molecule has 0 aliphatic carbocycles. The number of aromatic nitrogens is 2. The van der Waals surface area contributed by atoms with Crippen molar-refractivity contribution in [2.75, 3.05) is 6.54 Å². The predicted molar refractivity (Wildman–Crippen MR) is 76.4 cm³/mol. The minimum atomic E-state index is 0.412. The Hall–Kier alpha value is -1.52. The van der Waals surface area contributed by atoms with Crippen LogP contribution in [0.5, 0.6) is 5.75 Å². The lowest BCUT2D eigenvalue weighted by atomic mass is 10.2. The largest absolute Gasteiger partial charge is 0.486 e. The van der Waals surface area contributed by atoms with Gasteiger partial charge in [-0.05, 0) is 24.2 Å². The van der Waals surface area contributed by atoms with E-state index in [1.54, 1.807) is 10.8 Å². The Morgan fingerprint density at radius 1 is 1.32 bits per heavy atom. The first-order chi connectivity index (χ1) is 9.20. The van der Waals surface area contributed by atoms with Gasteiger partial charge in [0.25, 0.3) is 0 Å². The van der Waals surface area contributed by atoms with E-state index in [4.69, 9.17) is 16.3 Å². The number of halogens is 1. The number of hydrogen-bond acceptors (Lipinski definition) is 3. The third kappa shape index (κ3) is 3.72. The van der Waals surface area contributed by atoms with E-state index in [0.29, 0.717) is 11.8 Å². The fourth-order valence-corrected chi connectivity index (χ4v) is 1.83. The van der Waals surface area contributed by atoms with Crippen LogP contribution in [0.25, 0.3) is 0 Å². The highest BCUT2D eigenvalue weighted by Crippen LogP contribution is 2.15. The first-order valence-electron chi connectivity index (χ1n) is 6.29. The Balaban J connectivity index is 1.91. The predicted octanol–water partition coefficient (Wildman–Crippen LogP) is 2.76. The molecular formula is C14H18ClN3O. The summed E-state index contributed by atoms with van der Waals surface area (Å²) in [6.45, 7) is 4.36. The fraction of sp³-hybridized carbons (Fsp3) is 0.357. The van der Waals surface area contributed by atoms with E-state index in [0.717, 1.165) is 24.7 Å². The molecule has 0 bridgehead atoms. The van der Waals surface area contributed by atoms with Crippen molar-refractivity contribution in [1.82, 2.24) is 14.9 Å². The van der Waals surface area contributed by atoms with Crippen LogP contribution in [0.15, 0.2) is 30.5 Å². The lowest BCUT2D eigenvalue weighted by Crippen LogP contribution is -2.11. The topological polar surface area (TPSA) is 39.1 Å². The normalized spacial score (nSPS) is 10.7. The van der Waals surface area contributed by atoms with Crippen molar-refractivity contribution >= 4 is 11.6 Å². The number of benzene rings is 1. The maximum absolute atomic E-state index is 5.92. The van der Waals surface area contributed by atoms with Crippen molar-refractivity contribution < 1.29 is 4.74 Å². The molecule has 0 aliphatic heterocycles. The number of imidazole rings is 1. The molecule has 102 valence electrons. The number of hydrogen-bond donors (Lipinski definition) is 1. The summed E-state index contributed by atoms with van der Waals surface area (Å²) in [6, 6.07) is 8.06. The van der Waals surface area contributed by atoms with E-state index in [9.17, 15) is 0 Å². The van der Waals surface area contributed by atoms with Gasteiger partial charge in [-0.25, -0.2) is 4.98 Å². The van der Waals surface area contributed by atoms with Gasteiger partial charge in [-0.2, -0.15) is 0 Å². The van der Waals surface area contributed by atoms with E-state index < -0.39 is 0 Å². The SMILES string of the molecule is CCNCc1ccc(OCc2ncc(Cl)n2C)cc1. The van der Waals surface area contributed by atoms with Crippen molar-refractivity contribution in [3.05, 3.63) is 47.0 Å². The lowest BCUT2D eigenvalue weighted by Gasteiger charge is -2.08. The molecular weight excluding hydrogens is 262 g/mol. The maximum Gasteiger partial charge on any atom is 0.147 e. The van der Waals surface area contributed by atoms with E-state index in [2.05, 4.69) is 29.4 Å². The first-order valence-corrected chi connectivity index (χ1v) is 6.67. The smallest absolute Gasteiger partial charge is 0.147 e. The summed E-state index contributed by atoms with van der Waals surface area (Å²) >= 11 is 5.92. The molecule has 2 rings (SSSR count). The van der Waals surface area contributed by atoms with Crippen LogP contribution in [0.3, 0.4) is 0 Å². The third-order valence-corrected chi connectivity index (χ3v) is 3.25. The van der Waals surface area contributed by atoms with Crippen LogP contribution in [0, 0.1) is 0 Å². The van der Waals surface area contributed by atoms with Gasteiger partial charge in [0.05, 0.1) is 6.20 Å². The number of nitrogens with one attached hydrogen (secondary N) is 1. The van der Waals surface area contributed by atoms with E-state index in [1.165, 1.54) is 5.56 Å². The fourth-order valence-electron chi connectivity index (χ4n) is 1.68. The van der Waals surface area contributed by atoms with Crippen LogP contribution < -0.4 is 10.1 Å². The van der Waals surface area contributed by atoms with Crippen molar-refractivity contribution in [2.24, 2.45) is 7.05 Å². The molecule has 1 heterocycles. The molecule has 1 aromatic heterocycles. The second-order valence-electron chi connectivity index (χ2n) is 4.27. The molecule has 0 aliphatic rings. The van der Waals surface area contributed by atoms with Gasteiger partial charge in [0, 0.05) is 13.6 Å². The van der Waals surface area contributed by atoms with Crippen LogP contribution >= 0.6 is 11.6 Å². The summed E-state index contributed by atoms with van der Waals surface area (Å²) < 4.78 is 7.49. The van der Waals surface area contributed by atoms with Gasteiger partial charge < -0.3 is 14.6 Å². The lowest BCUT2D eigenvalue weighted by molar-refractivity contribution is 0.292. The molecule has 0 saturated carbocycles. The molecule has 0 unspecified atom stereocenters. The van der Waals surface area contributed by atoms with Gasteiger partial charge in [0.15, 0.2) is 0 Å². The minimum Gasteiger partial charge on any atom is -0.486 e. The van der Waals surface area contributed by atoms with Gasteiger partial charge in [0.2, 0.25) is 0 Å². The van der Waals surface area contributed by atoms with Gasteiger partial charge in [-0.15, -0.1) is 0 Å². The van der Waals surface area contributed by atoms with Crippen LogP contribution in [-0.2, 0) is 20.2 Å². The minimum absolute atomic E-state index is 0.412. The highest BCUT2D eigenvalue weighted by atomic mass is 35.5. The first kappa shape index (κ1) is 13.9. The number of ether oxygens (including phenoxy) is 1. The molecule has 0 spiro atoms. The highest BCUT2D eigenvalue weighted by Gasteiger charge is 2.05. The van der Waals surface area contributed by atoms with Crippen LogP contribution in [0.1, 0.15) is 18.3 Å². The Morgan fingerprint density at radius 2 is 2.05 bits per heavy atom. The average Bonchev–Trinajstić information content (AvgIpc) is 2.75. The zero-order valence-corrected chi connectivity index (χ0v) is 11.9. The highest BCUT2D eigenvalue weighted by molar-refractivity contribution is 6.29. The van der Waals surface area contributed by atoms with Gasteiger partial charge in [-0.3, -0.25) is 0 Å². The van der Waals surface area contributed by atoms with Gasteiger partial charge in [-0.1, -0.05) is 30.7 Å². The molecule has 0 amide bonds. The summed E-state index contributed by atoms with van der Waals surface area (Å²) in [5.41, 5.74) is 1.24. The monoisotopic (exact) mass is 279 g/mol. The van der Waals surface area contributed by atoms with Gasteiger partial charge >= 0.3 is 0 Å². The second kappa shape index (κ2) is 6.59. The standard InChI is InChI=1S/C14H18ClN3O/c1-3-16-8-11-4-6-12(7-5-11)19-10-14-17-9-13(15)18(14)2/h4-7,9,16H,3,8,10H2,1-2H3. The van der Waals surface area contributed by atoms with Crippen LogP contribution in [0.2, 0.25) is 5.15 Å². The summed E-state index contributed by atoms with van der Waals surface area (Å²) in [6.07, 6.45) is 1.62. The molecule has 0 fully saturated rings. The van der Waals surface area contributed by atoms with Crippen molar-refractivity contribution in [3.63, 3.8) is 0 Å². The van der Waals surface area contributed by atoms with E-state index in [1.807, 2.05) is 19.2 Å². The molecule has 5 heteroatoms. The van der Waals surface area contributed by atoms with Crippen molar-refractivity contribution in [2.45, 2.75) is 20.1 Å². The van der Waals surface area contributed by atoms with Crippen molar-refractivity contribution in [3.8, 4) is 5.75 Å². The summed E-state index contributed by atoms with van der Waals surface area (Å²) in [5.74, 6) is 1.64. The maximum atomic E-state index is 5.92.